The van der Waals surface area contributed by atoms with E-state index in [1.807, 2.05) is 50.3 Å². The second kappa shape index (κ2) is 9.87. The molecule has 3 amide bonds. The molecule has 1 aliphatic carbocycles. The van der Waals surface area contributed by atoms with Crippen molar-refractivity contribution in [2.24, 2.45) is 17.8 Å². The average molecular weight is 468 g/mol. The van der Waals surface area contributed by atoms with Crippen LogP contribution in [0.25, 0.3) is 0 Å². The van der Waals surface area contributed by atoms with Crippen LogP contribution in [0.3, 0.4) is 0 Å². The highest BCUT2D eigenvalue weighted by Gasteiger charge is 2.51. The van der Waals surface area contributed by atoms with E-state index in [4.69, 9.17) is 4.74 Å². The molecule has 8 heteroatoms. The van der Waals surface area contributed by atoms with Crippen LogP contribution >= 0.6 is 11.3 Å². The Bertz CT molecular complexity index is 1050. The minimum Gasteiger partial charge on any atom is -0.497 e. The number of imide groups is 1. The van der Waals surface area contributed by atoms with Crippen molar-refractivity contribution in [3.05, 3.63) is 53.1 Å². The Kier molecular flexibility index (Phi) is 6.93. The lowest BCUT2D eigenvalue weighted by Gasteiger charge is -2.27. The van der Waals surface area contributed by atoms with Crippen LogP contribution in [-0.2, 0) is 20.8 Å². The molecular formula is C25H29N3O4S. The first-order chi connectivity index (χ1) is 15.9. The third-order valence-electron chi connectivity index (χ3n) is 6.15. The number of benzene rings is 1. The lowest BCUT2D eigenvalue weighted by Crippen LogP contribution is -2.48. The number of hydrogen-bond acceptors (Lipinski definition) is 6. The number of nitrogens with one attached hydrogen (secondary N) is 1. The standard InChI is InChI=1S/C25H29N3O4S/c1-15(2)11-21(28-23(30)19-9-4-5-10-20(19)24(28)31)22(29)27-25-26-14-18(33-25)13-16-7-6-8-17(12-16)32-3/h4-8,12,14-15,19-21H,9-11,13H2,1-3H3,(H,26,27,29)/t19-,20+,21-/m0/s1. The number of nitrogens with zero attached hydrogens (tertiary/aromatic N) is 2. The maximum absolute atomic E-state index is 13.3. The number of fused-ring (bicyclic) bond motifs is 1. The molecule has 1 aromatic heterocycles. The van der Waals surface area contributed by atoms with E-state index in [2.05, 4.69) is 10.3 Å². The lowest BCUT2D eigenvalue weighted by atomic mass is 9.85. The molecule has 7 nitrogen and oxygen atoms in total. The number of hydrogen-bond donors (Lipinski definition) is 1. The fraction of sp³-hybridized carbons (Fsp3) is 0.440. The van der Waals surface area contributed by atoms with Gasteiger partial charge in [-0.25, -0.2) is 4.98 Å². The third kappa shape index (κ3) is 5.00. The summed E-state index contributed by atoms with van der Waals surface area (Å²) >= 11 is 1.39. The smallest absolute Gasteiger partial charge is 0.249 e. The van der Waals surface area contributed by atoms with Gasteiger partial charge >= 0.3 is 0 Å². The van der Waals surface area contributed by atoms with Gasteiger partial charge in [0.1, 0.15) is 11.8 Å². The number of ether oxygens (including phenoxy) is 1. The number of amides is 3. The Morgan fingerprint density at radius 2 is 1.91 bits per heavy atom. The van der Waals surface area contributed by atoms with Gasteiger partial charge < -0.3 is 10.1 Å². The van der Waals surface area contributed by atoms with Gasteiger partial charge in [0.05, 0.1) is 18.9 Å². The van der Waals surface area contributed by atoms with E-state index >= 15 is 0 Å². The van der Waals surface area contributed by atoms with Gasteiger partial charge in [-0.3, -0.25) is 19.3 Å². The van der Waals surface area contributed by atoms with Gasteiger partial charge in [-0.05, 0) is 42.9 Å². The molecule has 1 fully saturated rings. The van der Waals surface area contributed by atoms with Gasteiger partial charge in [-0.15, -0.1) is 11.3 Å². The van der Waals surface area contributed by atoms with Crippen molar-refractivity contribution in [2.75, 3.05) is 12.4 Å². The molecule has 1 saturated heterocycles. The predicted octanol–water partition coefficient (Wildman–Crippen LogP) is 4.05. The summed E-state index contributed by atoms with van der Waals surface area (Å²) in [4.78, 5) is 45.9. The van der Waals surface area contributed by atoms with Crippen LogP contribution in [-0.4, -0.2) is 40.8 Å². The molecule has 2 heterocycles. The summed E-state index contributed by atoms with van der Waals surface area (Å²) in [5.74, 6) is -0.585. The second-order valence-electron chi connectivity index (χ2n) is 9.00. The SMILES string of the molecule is COc1cccc(Cc2cnc(NC(=O)[C@H](CC(C)C)N3C(=O)[C@H]4CC=CC[C@H]4C3=O)s2)c1. The first-order valence-electron chi connectivity index (χ1n) is 11.3. The van der Waals surface area contributed by atoms with E-state index in [1.165, 1.54) is 16.2 Å². The molecule has 0 radical (unpaired) electrons. The molecule has 4 rings (SSSR count). The van der Waals surface area contributed by atoms with Crippen LogP contribution in [0.1, 0.15) is 43.6 Å². The van der Waals surface area contributed by atoms with Crippen LogP contribution in [0.15, 0.2) is 42.6 Å². The Labute approximate surface area is 197 Å². The number of aromatic nitrogens is 1. The van der Waals surface area contributed by atoms with E-state index in [0.717, 1.165) is 16.2 Å². The number of allylic oxidation sites excluding steroid dienone is 2. The zero-order valence-electron chi connectivity index (χ0n) is 19.1. The predicted molar refractivity (Wildman–Crippen MR) is 127 cm³/mol. The van der Waals surface area contributed by atoms with Crippen LogP contribution in [0.5, 0.6) is 5.75 Å². The quantitative estimate of drug-likeness (QED) is 0.467. The van der Waals surface area contributed by atoms with Crippen molar-refractivity contribution in [3.63, 3.8) is 0 Å². The van der Waals surface area contributed by atoms with Gasteiger partial charge in [0.25, 0.3) is 0 Å². The van der Waals surface area contributed by atoms with Crippen molar-refractivity contribution >= 4 is 34.2 Å². The summed E-state index contributed by atoms with van der Waals surface area (Å²) in [7, 11) is 1.63. The van der Waals surface area contributed by atoms with Crippen LogP contribution in [0, 0.1) is 17.8 Å². The van der Waals surface area contributed by atoms with Crippen molar-refractivity contribution < 1.29 is 19.1 Å². The summed E-state index contributed by atoms with van der Waals surface area (Å²) in [6.45, 7) is 3.96. The molecule has 1 N–H and O–H groups in total. The van der Waals surface area contributed by atoms with E-state index < -0.39 is 6.04 Å². The molecule has 2 aromatic rings. The van der Waals surface area contributed by atoms with Gasteiger partial charge in [-0.1, -0.05) is 38.1 Å². The summed E-state index contributed by atoms with van der Waals surface area (Å²) in [5, 5.41) is 3.32. The topological polar surface area (TPSA) is 88.6 Å². The number of likely N-dealkylation sites (tertiary alicyclic amines) is 1. The Morgan fingerprint density at radius 1 is 1.21 bits per heavy atom. The van der Waals surface area contributed by atoms with Gasteiger partial charge in [0, 0.05) is 17.5 Å². The van der Waals surface area contributed by atoms with Gasteiger partial charge in [0.2, 0.25) is 17.7 Å². The Morgan fingerprint density at radius 3 is 2.55 bits per heavy atom. The zero-order valence-corrected chi connectivity index (χ0v) is 19.9. The monoisotopic (exact) mass is 467 g/mol. The Balaban J connectivity index is 1.48. The van der Waals surface area contributed by atoms with Crippen LogP contribution in [0.4, 0.5) is 5.13 Å². The van der Waals surface area contributed by atoms with Gasteiger partial charge in [0.15, 0.2) is 5.13 Å². The minimum atomic E-state index is -0.832. The summed E-state index contributed by atoms with van der Waals surface area (Å²) in [6, 6.07) is 6.98. The number of rotatable bonds is 8. The summed E-state index contributed by atoms with van der Waals surface area (Å²) in [6.07, 6.45) is 7.84. The summed E-state index contributed by atoms with van der Waals surface area (Å²) < 4.78 is 5.28. The molecule has 0 unspecified atom stereocenters. The molecule has 1 aliphatic heterocycles. The van der Waals surface area contributed by atoms with E-state index in [-0.39, 0.29) is 35.5 Å². The molecule has 0 spiro atoms. The van der Waals surface area contributed by atoms with Crippen molar-refractivity contribution in [2.45, 2.75) is 45.6 Å². The highest BCUT2D eigenvalue weighted by atomic mass is 32.1. The number of anilines is 1. The maximum atomic E-state index is 13.3. The highest BCUT2D eigenvalue weighted by molar-refractivity contribution is 7.15. The molecule has 2 aliphatic rings. The van der Waals surface area contributed by atoms with E-state index in [0.29, 0.717) is 30.8 Å². The number of carbonyl (C=O) groups excluding carboxylic acids is 3. The number of methoxy groups -OCH3 is 1. The fourth-order valence-electron chi connectivity index (χ4n) is 4.53. The van der Waals surface area contributed by atoms with Crippen molar-refractivity contribution in [3.8, 4) is 5.75 Å². The molecule has 0 saturated carbocycles. The normalized spacial score (nSPS) is 20.8. The number of thiazole rings is 1. The lowest BCUT2D eigenvalue weighted by molar-refractivity contribution is -0.147. The third-order valence-corrected chi connectivity index (χ3v) is 7.06. The first kappa shape index (κ1) is 23.2. The molecule has 3 atom stereocenters. The van der Waals surface area contributed by atoms with Crippen LogP contribution in [0.2, 0.25) is 0 Å². The van der Waals surface area contributed by atoms with E-state index in [9.17, 15) is 14.4 Å². The highest BCUT2D eigenvalue weighted by Crippen LogP contribution is 2.37. The first-order valence-corrected chi connectivity index (χ1v) is 12.1. The molecule has 0 bridgehead atoms. The molecule has 33 heavy (non-hydrogen) atoms. The van der Waals surface area contributed by atoms with Crippen molar-refractivity contribution in [1.82, 2.24) is 9.88 Å². The van der Waals surface area contributed by atoms with Crippen molar-refractivity contribution in [1.29, 1.82) is 0 Å². The second-order valence-corrected chi connectivity index (χ2v) is 10.1. The molecule has 174 valence electrons. The maximum Gasteiger partial charge on any atom is 0.249 e. The molecular weight excluding hydrogens is 438 g/mol. The number of carbonyl (C=O) groups is 3. The zero-order chi connectivity index (χ0) is 23.5. The molecule has 1 aromatic carbocycles. The largest absolute Gasteiger partial charge is 0.497 e. The summed E-state index contributed by atoms with van der Waals surface area (Å²) in [5.41, 5.74) is 1.08. The minimum absolute atomic E-state index is 0.141. The van der Waals surface area contributed by atoms with Gasteiger partial charge in [-0.2, -0.15) is 0 Å². The fourth-order valence-corrected chi connectivity index (χ4v) is 5.38. The van der Waals surface area contributed by atoms with Crippen LogP contribution < -0.4 is 10.1 Å². The Hall–Kier alpha value is -3.00. The van der Waals surface area contributed by atoms with E-state index in [1.54, 1.807) is 13.3 Å². The average Bonchev–Trinajstić information content (AvgIpc) is 3.34.